The van der Waals surface area contributed by atoms with E-state index >= 15 is 0 Å². The number of aromatic amines is 1. The Bertz CT molecular complexity index is 1070. The molecule has 0 amide bonds. The van der Waals surface area contributed by atoms with E-state index in [1.165, 1.54) is 0 Å². The average molecular weight is 395 g/mol. The Kier molecular flexibility index (Phi) is 5.35. The van der Waals surface area contributed by atoms with Gasteiger partial charge in [-0.25, -0.2) is 4.98 Å². The number of nitrogens with zero attached hydrogens (tertiary/aromatic N) is 3. The summed E-state index contributed by atoms with van der Waals surface area (Å²) in [6.07, 6.45) is 3.38. The van der Waals surface area contributed by atoms with E-state index in [0.29, 0.717) is 28.6 Å². The van der Waals surface area contributed by atoms with E-state index in [-0.39, 0.29) is 12.2 Å². The molecule has 0 saturated carbocycles. The summed E-state index contributed by atoms with van der Waals surface area (Å²) >= 11 is 0. The van der Waals surface area contributed by atoms with Gasteiger partial charge in [-0.05, 0) is 49.4 Å². The fraction of sp³-hybridized carbons (Fsp3) is 0.381. The number of aryl methyl sites for hydroxylation is 1. The number of benzene rings is 1. The first-order valence-corrected chi connectivity index (χ1v) is 9.75. The van der Waals surface area contributed by atoms with E-state index in [1.54, 1.807) is 19.4 Å². The fourth-order valence-electron chi connectivity index (χ4n) is 3.70. The molecule has 3 aromatic rings. The summed E-state index contributed by atoms with van der Waals surface area (Å²) in [5, 5.41) is 13.1. The van der Waals surface area contributed by atoms with Crippen LogP contribution in [0.4, 0.5) is 17.5 Å². The highest BCUT2D eigenvalue weighted by Crippen LogP contribution is 2.28. The maximum atomic E-state index is 12.5. The number of rotatable bonds is 5. The zero-order valence-electron chi connectivity index (χ0n) is 16.6. The molecule has 0 atom stereocenters. The second-order valence-electron chi connectivity index (χ2n) is 7.42. The number of fused-ring (bicyclic) bond motifs is 1. The lowest BCUT2D eigenvalue weighted by Crippen LogP contribution is -2.36. The number of anilines is 3. The molecule has 1 aromatic carbocycles. The molecule has 0 aliphatic carbocycles. The largest absolute Gasteiger partial charge is 0.497 e. The van der Waals surface area contributed by atoms with Gasteiger partial charge in [0.05, 0.1) is 12.6 Å². The van der Waals surface area contributed by atoms with Crippen LogP contribution in [-0.2, 0) is 0 Å². The highest BCUT2D eigenvalue weighted by Gasteiger charge is 2.22. The molecule has 0 radical (unpaired) electrons. The highest BCUT2D eigenvalue weighted by atomic mass is 16.5. The predicted octanol–water partition coefficient (Wildman–Crippen LogP) is 2.59. The standard InChI is InChI=1S/C21H25N5O3/c1-13-9-15(11-16(10-13)29-2)23-19-18-17(3-6-22-20(18)28)24-21(25-19)26-7-4-14(12-27)5-8-26/h3,6,9-11,14,27H,4-5,7-8,12H2,1-2H3,(H,22,28)(H,23,24,25). The van der Waals surface area contributed by atoms with Crippen molar-refractivity contribution in [3.63, 3.8) is 0 Å². The highest BCUT2D eigenvalue weighted by molar-refractivity contribution is 5.91. The van der Waals surface area contributed by atoms with Crippen molar-refractivity contribution >= 4 is 28.4 Å². The number of aromatic nitrogens is 3. The zero-order chi connectivity index (χ0) is 20.4. The summed E-state index contributed by atoms with van der Waals surface area (Å²) in [6, 6.07) is 7.56. The Morgan fingerprint density at radius 2 is 2.07 bits per heavy atom. The molecule has 1 aliphatic rings. The van der Waals surface area contributed by atoms with Crippen molar-refractivity contribution < 1.29 is 9.84 Å². The molecule has 2 aromatic heterocycles. The molecule has 1 fully saturated rings. The molecule has 152 valence electrons. The minimum absolute atomic E-state index is 0.212. The van der Waals surface area contributed by atoms with Crippen molar-refractivity contribution in [1.29, 1.82) is 0 Å². The average Bonchev–Trinajstić information content (AvgIpc) is 2.73. The molecule has 3 heterocycles. The summed E-state index contributed by atoms with van der Waals surface area (Å²) in [5.74, 6) is 2.10. The van der Waals surface area contributed by atoms with Gasteiger partial charge in [-0.1, -0.05) is 0 Å². The Labute approximate surface area is 168 Å². The summed E-state index contributed by atoms with van der Waals surface area (Å²) < 4.78 is 5.35. The van der Waals surface area contributed by atoms with Gasteiger partial charge in [0.1, 0.15) is 17.0 Å². The Hall–Kier alpha value is -3.13. The van der Waals surface area contributed by atoms with Crippen LogP contribution in [0.25, 0.3) is 10.9 Å². The first-order valence-electron chi connectivity index (χ1n) is 9.75. The van der Waals surface area contributed by atoms with E-state index in [9.17, 15) is 9.90 Å². The molecule has 1 saturated heterocycles. The van der Waals surface area contributed by atoms with Gasteiger partial charge in [-0.3, -0.25) is 4.79 Å². The molecule has 0 spiro atoms. The van der Waals surface area contributed by atoms with E-state index in [4.69, 9.17) is 9.72 Å². The molecular weight excluding hydrogens is 370 g/mol. The fourth-order valence-corrected chi connectivity index (χ4v) is 3.70. The molecule has 0 unspecified atom stereocenters. The molecule has 8 nitrogen and oxygen atoms in total. The van der Waals surface area contributed by atoms with Crippen LogP contribution in [0.2, 0.25) is 0 Å². The monoisotopic (exact) mass is 395 g/mol. The summed E-state index contributed by atoms with van der Waals surface area (Å²) in [7, 11) is 1.62. The quantitative estimate of drug-likeness (QED) is 0.610. The van der Waals surface area contributed by atoms with Gasteiger partial charge in [0, 0.05) is 37.6 Å². The first kappa shape index (κ1) is 19.2. The van der Waals surface area contributed by atoms with Crippen LogP contribution in [-0.4, -0.2) is 46.9 Å². The van der Waals surface area contributed by atoms with Crippen molar-refractivity contribution in [3.8, 4) is 5.75 Å². The number of methoxy groups -OCH3 is 1. The summed E-state index contributed by atoms with van der Waals surface area (Å²) in [4.78, 5) is 26.6. The maximum absolute atomic E-state index is 12.5. The molecule has 4 rings (SSSR count). The van der Waals surface area contributed by atoms with E-state index in [1.807, 2.05) is 25.1 Å². The molecular formula is C21H25N5O3. The van der Waals surface area contributed by atoms with Gasteiger partial charge in [-0.15, -0.1) is 0 Å². The van der Waals surface area contributed by atoms with Crippen LogP contribution in [0.1, 0.15) is 18.4 Å². The number of aliphatic hydroxyl groups excluding tert-OH is 1. The zero-order valence-corrected chi connectivity index (χ0v) is 16.6. The third-order valence-corrected chi connectivity index (χ3v) is 5.31. The summed E-state index contributed by atoms with van der Waals surface area (Å²) in [6.45, 7) is 3.74. The summed E-state index contributed by atoms with van der Waals surface area (Å²) in [5.41, 5.74) is 2.17. The van der Waals surface area contributed by atoms with Gasteiger partial charge in [-0.2, -0.15) is 4.98 Å². The number of hydrogen-bond donors (Lipinski definition) is 3. The lowest BCUT2D eigenvalue weighted by molar-refractivity contribution is 0.202. The second kappa shape index (κ2) is 8.08. The third kappa shape index (κ3) is 4.02. The van der Waals surface area contributed by atoms with Gasteiger partial charge in [0.15, 0.2) is 0 Å². The van der Waals surface area contributed by atoms with Gasteiger partial charge < -0.3 is 25.0 Å². The van der Waals surface area contributed by atoms with Crippen molar-refractivity contribution in [2.24, 2.45) is 5.92 Å². The number of H-pyrrole nitrogens is 1. The third-order valence-electron chi connectivity index (χ3n) is 5.31. The van der Waals surface area contributed by atoms with Crippen molar-refractivity contribution in [1.82, 2.24) is 15.0 Å². The minimum Gasteiger partial charge on any atom is -0.497 e. The van der Waals surface area contributed by atoms with Crippen LogP contribution in [0.5, 0.6) is 5.75 Å². The SMILES string of the molecule is COc1cc(C)cc(Nc2nc(N3CCC(CO)CC3)nc3cc[nH]c(=O)c23)c1. The smallest absolute Gasteiger partial charge is 0.261 e. The first-order chi connectivity index (χ1) is 14.1. The van der Waals surface area contributed by atoms with Crippen molar-refractivity contribution in [2.45, 2.75) is 19.8 Å². The number of ether oxygens (including phenoxy) is 1. The van der Waals surface area contributed by atoms with Crippen LogP contribution in [0.15, 0.2) is 35.3 Å². The van der Waals surface area contributed by atoms with E-state index in [2.05, 4.69) is 20.2 Å². The van der Waals surface area contributed by atoms with Gasteiger partial charge in [0.25, 0.3) is 5.56 Å². The molecule has 8 heteroatoms. The van der Waals surface area contributed by atoms with Gasteiger partial charge >= 0.3 is 0 Å². The number of pyridine rings is 1. The lowest BCUT2D eigenvalue weighted by Gasteiger charge is -2.31. The molecule has 29 heavy (non-hydrogen) atoms. The number of hydrogen-bond acceptors (Lipinski definition) is 7. The van der Waals surface area contributed by atoms with Crippen molar-refractivity contribution in [2.75, 3.05) is 37.0 Å². The molecule has 3 N–H and O–H groups in total. The normalized spacial score (nSPS) is 14.9. The van der Waals surface area contributed by atoms with Crippen LogP contribution >= 0.6 is 0 Å². The Balaban J connectivity index is 1.75. The minimum atomic E-state index is -0.241. The molecule has 0 bridgehead atoms. The topological polar surface area (TPSA) is 103 Å². The van der Waals surface area contributed by atoms with E-state index in [0.717, 1.165) is 42.9 Å². The Morgan fingerprint density at radius 3 is 2.79 bits per heavy atom. The number of piperidine rings is 1. The van der Waals surface area contributed by atoms with Crippen LogP contribution < -0.4 is 20.5 Å². The lowest BCUT2D eigenvalue weighted by atomic mass is 9.98. The van der Waals surface area contributed by atoms with E-state index < -0.39 is 0 Å². The number of aliphatic hydroxyl groups is 1. The second-order valence-corrected chi connectivity index (χ2v) is 7.42. The predicted molar refractivity (Wildman–Crippen MR) is 113 cm³/mol. The number of nitrogens with one attached hydrogen (secondary N) is 2. The van der Waals surface area contributed by atoms with Crippen molar-refractivity contribution in [3.05, 3.63) is 46.4 Å². The maximum Gasteiger partial charge on any atom is 0.261 e. The van der Waals surface area contributed by atoms with Gasteiger partial charge in [0.2, 0.25) is 5.95 Å². The molecule has 1 aliphatic heterocycles. The van der Waals surface area contributed by atoms with Crippen LogP contribution in [0.3, 0.4) is 0 Å². The Morgan fingerprint density at radius 1 is 1.28 bits per heavy atom. The van der Waals surface area contributed by atoms with Crippen LogP contribution in [0, 0.1) is 12.8 Å².